The molecule has 0 aromatic heterocycles. The third-order valence-corrected chi connectivity index (χ3v) is 3.91. The van der Waals surface area contributed by atoms with Gasteiger partial charge in [-0.2, -0.15) is 0 Å². The maximum Gasteiger partial charge on any atom is 0.0753 e. The van der Waals surface area contributed by atoms with Crippen molar-refractivity contribution in [2.75, 3.05) is 39.4 Å². The third-order valence-electron chi connectivity index (χ3n) is 3.91. The summed E-state index contributed by atoms with van der Waals surface area (Å²) in [4.78, 5) is 2.49. The molecular weight excluding hydrogens is 240 g/mol. The number of ether oxygens (including phenoxy) is 1. The van der Waals surface area contributed by atoms with Gasteiger partial charge in [-0.25, -0.2) is 0 Å². The molecule has 4 nitrogen and oxygen atoms in total. The number of aliphatic hydroxyl groups is 1. The molecule has 1 fully saturated rings. The van der Waals surface area contributed by atoms with Crippen molar-refractivity contribution in [3.05, 3.63) is 0 Å². The highest BCUT2D eigenvalue weighted by atomic mass is 16.5. The van der Waals surface area contributed by atoms with Gasteiger partial charge in [0.25, 0.3) is 0 Å². The molecule has 0 radical (unpaired) electrons. The molecule has 0 bridgehead atoms. The van der Waals surface area contributed by atoms with Crippen LogP contribution in [0, 0.1) is 0 Å². The zero-order valence-electron chi connectivity index (χ0n) is 13.2. The van der Waals surface area contributed by atoms with E-state index in [1.54, 1.807) is 0 Å². The predicted molar refractivity (Wildman–Crippen MR) is 79.5 cm³/mol. The minimum atomic E-state index is -0.112. The quantitative estimate of drug-likeness (QED) is 0.659. The smallest absolute Gasteiger partial charge is 0.0753 e. The summed E-state index contributed by atoms with van der Waals surface area (Å²) < 4.78 is 5.72. The molecule has 0 aromatic rings. The van der Waals surface area contributed by atoms with Gasteiger partial charge >= 0.3 is 0 Å². The summed E-state index contributed by atoms with van der Waals surface area (Å²) in [5, 5.41) is 12.8. The van der Waals surface area contributed by atoms with E-state index in [4.69, 9.17) is 4.74 Å². The van der Waals surface area contributed by atoms with Crippen LogP contribution in [0.5, 0.6) is 0 Å². The van der Waals surface area contributed by atoms with Crippen molar-refractivity contribution in [1.82, 2.24) is 10.2 Å². The Morgan fingerprint density at radius 2 is 2.11 bits per heavy atom. The molecule has 1 atom stereocenters. The Balaban J connectivity index is 2.20. The Morgan fingerprint density at radius 1 is 1.37 bits per heavy atom. The van der Waals surface area contributed by atoms with E-state index in [1.807, 2.05) is 0 Å². The Kier molecular flexibility index (Phi) is 6.74. The first kappa shape index (κ1) is 16.9. The molecule has 0 amide bonds. The van der Waals surface area contributed by atoms with Crippen LogP contribution in [0.2, 0.25) is 0 Å². The van der Waals surface area contributed by atoms with Crippen molar-refractivity contribution in [2.24, 2.45) is 0 Å². The first-order valence-corrected chi connectivity index (χ1v) is 7.63. The van der Waals surface area contributed by atoms with Crippen molar-refractivity contribution in [3.63, 3.8) is 0 Å². The summed E-state index contributed by atoms with van der Waals surface area (Å²) in [7, 11) is 0. The predicted octanol–water partition coefficient (Wildman–Crippen LogP) is 1.63. The lowest BCUT2D eigenvalue weighted by Crippen LogP contribution is -2.48. The van der Waals surface area contributed by atoms with Crippen molar-refractivity contribution >= 4 is 0 Å². The second-order valence-electron chi connectivity index (χ2n) is 6.59. The number of hydrogen-bond donors (Lipinski definition) is 2. The normalized spacial score (nSPS) is 23.2. The van der Waals surface area contributed by atoms with Gasteiger partial charge in [0.15, 0.2) is 0 Å². The third kappa shape index (κ3) is 6.21. The fraction of sp³-hybridized carbons (Fsp3) is 1.00. The van der Waals surface area contributed by atoms with Crippen LogP contribution in [0.25, 0.3) is 0 Å². The largest absolute Gasteiger partial charge is 0.394 e. The van der Waals surface area contributed by atoms with E-state index in [2.05, 4.69) is 37.9 Å². The topological polar surface area (TPSA) is 44.7 Å². The molecule has 0 aliphatic carbocycles. The second kappa shape index (κ2) is 7.58. The Hall–Kier alpha value is -0.160. The number of nitrogens with zero attached hydrogens (tertiary/aromatic N) is 1. The molecule has 114 valence electrons. The lowest BCUT2D eigenvalue weighted by Gasteiger charge is -2.38. The van der Waals surface area contributed by atoms with Gasteiger partial charge in [0, 0.05) is 18.6 Å². The maximum absolute atomic E-state index is 9.44. The Bertz CT molecular complexity index is 259. The molecule has 4 heteroatoms. The van der Waals surface area contributed by atoms with E-state index in [1.165, 1.54) is 6.42 Å². The number of likely N-dealkylation sites (N-methyl/N-ethyl adjacent to an activating group) is 1. The first-order chi connectivity index (χ1) is 8.91. The number of morpholine rings is 1. The summed E-state index contributed by atoms with van der Waals surface area (Å²) in [6.45, 7) is 13.7. The van der Waals surface area contributed by atoms with E-state index in [0.717, 1.165) is 45.6 Å². The van der Waals surface area contributed by atoms with Crippen molar-refractivity contribution in [1.29, 1.82) is 0 Å². The number of aliphatic hydroxyl groups excluding tert-OH is 1. The Labute approximate surface area is 118 Å². The molecular formula is C15H32N2O2. The van der Waals surface area contributed by atoms with E-state index in [0.29, 0.717) is 0 Å². The van der Waals surface area contributed by atoms with Crippen molar-refractivity contribution < 1.29 is 9.84 Å². The summed E-state index contributed by atoms with van der Waals surface area (Å²) in [5.74, 6) is 0. The van der Waals surface area contributed by atoms with Crippen LogP contribution < -0.4 is 5.32 Å². The molecule has 0 saturated carbocycles. The van der Waals surface area contributed by atoms with Gasteiger partial charge in [-0.15, -0.1) is 0 Å². The number of rotatable bonds is 8. The fourth-order valence-electron chi connectivity index (χ4n) is 2.81. The summed E-state index contributed by atoms with van der Waals surface area (Å²) in [6, 6.07) is 0. The molecule has 0 spiro atoms. The molecule has 1 aliphatic heterocycles. The zero-order chi connectivity index (χ0) is 14.4. The van der Waals surface area contributed by atoms with Crippen molar-refractivity contribution in [2.45, 2.75) is 58.1 Å². The maximum atomic E-state index is 9.44. The van der Waals surface area contributed by atoms with Gasteiger partial charge in [-0.05, 0) is 46.7 Å². The van der Waals surface area contributed by atoms with Gasteiger partial charge in [0.2, 0.25) is 0 Å². The molecule has 1 rings (SSSR count). The van der Waals surface area contributed by atoms with E-state index >= 15 is 0 Å². The number of nitrogens with one attached hydrogen (secondary N) is 1. The molecule has 1 unspecified atom stereocenters. The summed E-state index contributed by atoms with van der Waals surface area (Å²) >= 11 is 0. The fourth-order valence-corrected chi connectivity index (χ4v) is 2.81. The lowest BCUT2D eigenvalue weighted by molar-refractivity contribution is -0.0861. The van der Waals surface area contributed by atoms with Crippen LogP contribution in [0.1, 0.15) is 47.0 Å². The van der Waals surface area contributed by atoms with Gasteiger partial charge in [0.05, 0.1) is 18.8 Å². The standard InChI is InChI=1S/C15H32N2O2/c1-5-16-15(4,13-18)8-6-7-9-17-10-11-19-14(2,3)12-17/h16,18H,5-13H2,1-4H3. The van der Waals surface area contributed by atoms with Crippen LogP contribution in [-0.2, 0) is 4.74 Å². The molecule has 0 aromatic carbocycles. The number of hydrogen-bond acceptors (Lipinski definition) is 4. The van der Waals surface area contributed by atoms with Gasteiger partial charge in [0.1, 0.15) is 0 Å². The van der Waals surface area contributed by atoms with E-state index in [-0.39, 0.29) is 17.7 Å². The van der Waals surface area contributed by atoms with Crippen molar-refractivity contribution in [3.8, 4) is 0 Å². The van der Waals surface area contributed by atoms with Crippen LogP contribution in [-0.4, -0.2) is 60.5 Å². The first-order valence-electron chi connectivity index (χ1n) is 7.63. The Morgan fingerprint density at radius 3 is 2.68 bits per heavy atom. The van der Waals surface area contributed by atoms with Gasteiger partial charge < -0.3 is 15.2 Å². The van der Waals surface area contributed by atoms with Crippen LogP contribution in [0.15, 0.2) is 0 Å². The van der Waals surface area contributed by atoms with Gasteiger partial charge in [-0.3, -0.25) is 4.90 Å². The molecule has 19 heavy (non-hydrogen) atoms. The van der Waals surface area contributed by atoms with E-state index in [9.17, 15) is 5.11 Å². The lowest BCUT2D eigenvalue weighted by atomic mass is 9.95. The van der Waals surface area contributed by atoms with Crippen LogP contribution in [0.4, 0.5) is 0 Å². The summed E-state index contributed by atoms with van der Waals surface area (Å²) in [5.41, 5.74) is -0.110. The highest BCUT2D eigenvalue weighted by molar-refractivity contribution is 4.82. The second-order valence-corrected chi connectivity index (χ2v) is 6.59. The minimum absolute atomic E-state index is 0.00162. The molecule has 1 heterocycles. The molecule has 1 aliphatic rings. The monoisotopic (exact) mass is 272 g/mol. The van der Waals surface area contributed by atoms with Crippen LogP contribution in [0.3, 0.4) is 0 Å². The average molecular weight is 272 g/mol. The van der Waals surface area contributed by atoms with Gasteiger partial charge in [-0.1, -0.05) is 13.3 Å². The SMILES string of the molecule is CCNC(C)(CO)CCCCN1CCOC(C)(C)C1. The molecule has 2 N–H and O–H groups in total. The highest BCUT2D eigenvalue weighted by Crippen LogP contribution is 2.18. The highest BCUT2D eigenvalue weighted by Gasteiger charge is 2.27. The zero-order valence-corrected chi connectivity index (χ0v) is 13.2. The van der Waals surface area contributed by atoms with Crippen LogP contribution >= 0.6 is 0 Å². The number of unbranched alkanes of at least 4 members (excludes halogenated alkanes) is 1. The van der Waals surface area contributed by atoms with E-state index < -0.39 is 0 Å². The average Bonchev–Trinajstić information content (AvgIpc) is 2.34. The molecule has 1 saturated heterocycles. The summed E-state index contributed by atoms with van der Waals surface area (Å²) in [6.07, 6.45) is 3.38. The minimum Gasteiger partial charge on any atom is -0.394 e.